The van der Waals surface area contributed by atoms with E-state index in [2.05, 4.69) is 20.3 Å². The van der Waals surface area contributed by atoms with Gasteiger partial charge in [0.2, 0.25) is 0 Å². The lowest BCUT2D eigenvalue weighted by Crippen LogP contribution is -2.28. The molecule has 162 valence electrons. The van der Waals surface area contributed by atoms with Gasteiger partial charge in [-0.2, -0.15) is 13.2 Å². The van der Waals surface area contributed by atoms with Gasteiger partial charge in [-0.05, 0) is 56.5 Å². The van der Waals surface area contributed by atoms with E-state index in [9.17, 15) is 13.2 Å². The highest BCUT2D eigenvalue weighted by Crippen LogP contribution is 2.39. The molecule has 1 aromatic carbocycles. The number of aromatic nitrogens is 4. The zero-order valence-corrected chi connectivity index (χ0v) is 18.0. The number of nitrogens with zero attached hydrogens (tertiary/aromatic N) is 4. The standard InChI is InChI=1S/C21H19ClF3N5S/c22-13-1-2-14-15(11-13)28-18(21(23,24)25)16-17(14)30(9-5-12-3-6-26-7-4-12)19(29-16)20-27-8-10-31-20/h1-2,8,10-12,26H,3-7,9H2. The molecule has 10 heteroatoms. The molecule has 0 amide bonds. The normalized spacial score (nSPS) is 15.9. The minimum absolute atomic E-state index is 0.141. The number of piperidine rings is 1. The maximum absolute atomic E-state index is 13.9. The van der Waals surface area contributed by atoms with E-state index >= 15 is 0 Å². The summed E-state index contributed by atoms with van der Waals surface area (Å²) in [7, 11) is 0. The summed E-state index contributed by atoms with van der Waals surface area (Å²) in [5.41, 5.74) is -0.484. The van der Waals surface area contributed by atoms with Crippen LogP contribution >= 0.6 is 22.9 Å². The lowest BCUT2D eigenvalue weighted by molar-refractivity contribution is -0.139. The Bertz CT molecular complexity index is 1230. The highest BCUT2D eigenvalue weighted by atomic mass is 35.5. The van der Waals surface area contributed by atoms with Gasteiger partial charge in [-0.25, -0.2) is 15.0 Å². The number of imidazole rings is 1. The Morgan fingerprint density at radius 2 is 2.00 bits per heavy atom. The van der Waals surface area contributed by atoms with Crippen LogP contribution in [0.1, 0.15) is 25.0 Å². The summed E-state index contributed by atoms with van der Waals surface area (Å²) in [5.74, 6) is 0.973. The summed E-state index contributed by atoms with van der Waals surface area (Å²) in [4.78, 5) is 12.7. The number of alkyl halides is 3. The van der Waals surface area contributed by atoms with Gasteiger partial charge in [0.05, 0.1) is 11.0 Å². The summed E-state index contributed by atoms with van der Waals surface area (Å²) in [6.45, 7) is 2.51. The van der Waals surface area contributed by atoms with Crippen LogP contribution in [0.3, 0.4) is 0 Å². The van der Waals surface area contributed by atoms with E-state index in [0.717, 1.165) is 32.4 Å². The molecule has 4 aromatic rings. The Labute approximate surface area is 185 Å². The molecule has 1 N–H and O–H groups in total. The quantitative estimate of drug-likeness (QED) is 0.415. The summed E-state index contributed by atoms with van der Waals surface area (Å²) < 4.78 is 43.7. The molecule has 1 saturated heterocycles. The zero-order chi connectivity index (χ0) is 21.6. The second kappa shape index (κ2) is 8.03. The second-order valence-electron chi connectivity index (χ2n) is 7.72. The number of nitrogens with one attached hydrogen (secondary N) is 1. The van der Waals surface area contributed by atoms with Crippen molar-refractivity contribution in [1.29, 1.82) is 0 Å². The number of pyridine rings is 1. The Hall–Kier alpha value is -2.23. The number of fused-ring (bicyclic) bond motifs is 3. The van der Waals surface area contributed by atoms with Crippen molar-refractivity contribution in [3.8, 4) is 10.8 Å². The highest BCUT2D eigenvalue weighted by Gasteiger charge is 2.38. The van der Waals surface area contributed by atoms with Crippen molar-refractivity contribution in [2.45, 2.75) is 32.0 Å². The number of benzene rings is 1. The van der Waals surface area contributed by atoms with Crippen molar-refractivity contribution in [3.63, 3.8) is 0 Å². The molecule has 0 unspecified atom stereocenters. The third kappa shape index (κ3) is 3.90. The van der Waals surface area contributed by atoms with Crippen LogP contribution in [0.15, 0.2) is 29.8 Å². The second-order valence-corrected chi connectivity index (χ2v) is 9.05. The Morgan fingerprint density at radius 3 is 2.71 bits per heavy atom. The molecule has 3 aromatic heterocycles. The number of thiazole rings is 1. The largest absolute Gasteiger partial charge is 0.435 e. The van der Waals surface area contributed by atoms with Gasteiger partial charge in [0.1, 0.15) is 5.52 Å². The fraction of sp³-hybridized carbons (Fsp3) is 0.381. The zero-order valence-electron chi connectivity index (χ0n) is 16.4. The summed E-state index contributed by atoms with van der Waals surface area (Å²) in [5, 5.41) is 6.69. The van der Waals surface area contributed by atoms with E-state index in [0.29, 0.717) is 39.2 Å². The number of hydrogen-bond donors (Lipinski definition) is 1. The van der Waals surface area contributed by atoms with Crippen molar-refractivity contribution < 1.29 is 13.2 Å². The van der Waals surface area contributed by atoms with Crippen LogP contribution in [-0.4, -0.2) is 32.6 Å². The van der Waals surface area contributed by atoms with Crippen LogP contribution < -0.4 is 5.32 Å². The molecule has 5 nitrogen and oxygen atoms in total. The molecular weight excluding hydrogens is 447 g/mol. The average molecular weight is 466 g/mol. The fourth-order valence-corrected chi connectivity index (χ4v) is 5.06. The molecule has 4 heterocycles. The fourth-order valence-electron chi connectivity index (χ4n) is 4.26. The van der Waals surface area contributed by atoms with Crippen LogP contribution in [0.25, 0.3) is 32.8 Å². The van der Waals surface area contributed by atoms with E-state index in [1.165, 1.54) is 17.4 Å². The first kappa shape index (κ1) is 20.7. The Morgan fingerprint density at radius 1 is 1.19 bits per heavy atom. The van der Waals surface area contributed by atoms with E-state index < -0.39 is 11.9 Å². The topological polar surface area (TPSA) is 55.6 Å². The molecule has 0 radical (unpaired) electrons. The number of aryl methyl sites for hydroxylation is 1. The van der Waals surface area contributed by atoms with Gasteiger partial charge in [-0.3, -0.25) is 0 Å². The van der Waals surface area contributed by atoms with Gasteiger partial charge in [0, 0.05) is 28.5 Å². The minimum atomic E-state index is -4.64. The first-order chi connectivity index (χ1) is 14.9. The lowest BCUT2D eigenvalue weighted by Gasteiger charge is -2.23. The molecule has 1 aliphatic rings. The maximum atomic E-state index is 13.9. The van der Waals surface area contributed by atoms with Gasteiger partial charge >= 0.3 is 6.18 Å². The van der Waals surface area contributed by atoms with Gasteiger partial charge in [-0.1, -0.05) is 11.6 Å². The number of halogens is 4. The molecule has 0 aliphatic carbocycles. The molecule has 1 aliphatic heterocycles. The van der Waals surface area contributed by atoms with Crippen molar-refractivity contribution in [2.75, 3.05) is 13.1 Å². The SMILES string of the molecule is FC(F)(F)c1nc2cc(Cl)ccc2c2c1nc(-c1nccs1)n2CCC1CCNCC1. The summed E-state index contributed by atoms with van der Waals surface area (Å²) in [6.07, 6.45) is -0.0133. The molecule has 0 saturated carbocycles. The van der Waals surface area contributed by atoms with Crippen LogP contribution in [0.4, 0.5) is 13.2 Å². The van der Waals surface area contributed by atoms with Gasteiger partial charge in [0.15, 0.2) is 16.5 Å². The number of hydrogen-bond acceptors (Lipinski definition) is 5. The van der Waals surface area contributed by atoms with Gasteiger partial charge < -0.3 is 9.88 Å². The van der Waals surface area contributed by atoms with E-state index in [1.54, 1.807) is 23.7 Å². The van der Waals surface area contributed by atoms with Gasteiger partial charge in [-0.15, -0.1) is 11.3 Å². The van der Waals surface area contributed by atoms with E-state index in [1.807, 2.05) is 4.57 Å². The Kier molecular flexibility index (Phi) is 5.35. The first-order valence-electron chi connectivity index (χ1n) is 10.1. The predicted octanol–water partition coefficient (Wildman–Crippen LogP) is 5.77. The maximum Gasteiger partial charge on any atom is 0.435 e. The number of rotatable bonds is 4. The summed E-state index contributed by atoms with van der Waals surface area (Å²) >= 11 is 7.43. The summed E-state index contributed by atoms with van der Waals surface area (Å²) in [6, 6.07) is 4.87. The molecule has 0 atom stereocenters. The van der Waals surface area contributed by atoms with Crippen molar-refractivity contribution >= 4 is 44.9 Å². The van der Waals surface area contributed by atoms with Gasteiger partial charge in [0.25, 0.3) is 0 Å². The van der Waals surface area contributed by atoms with Crippen LogP contribution in [0.5, 0.6) is 0 Å². The predicted molar refractivity (Wildman–Crippen MR) is 116 cm³/mol. The van der Waals surface area contributed by atoms with E-state index in [4.69, 9.17) is 11.6 Å². The molecule has 31 heavy (non-hydrogen) atoms. The van der Waals surface area contributed by atoms with Crippen molar-refractivity contribution in [1.82, 2.24) is 24.8 Å². The third-order valence-corrected chi connectivity index (χ3v) is 6.75. The molecule has 0 bridgehead atoms. The highest BCUT2D eigenvalue weighted by molar-refractivity contribution is 7.13. The smallest absolute Gasteiger partial charge is 0.321 e. The first-order valence-corrected chi connectivity index (χ1v) is 11.3. The minimum Gasteiger partial charge on any atom is -0.321 e. The van der Waals surface area contributed by atoms with Crippen LogP contribution in [0.2, 0.25) is 5.02 Å². The van der Waals surface area contributed by atoms with Crippen molar-refractivity contribution in [2.24, 2.45) is 5.92 Å². The lowest BCUT2D eigenvalue weighted by atomic mass is 9.94. The van der Waals surface area contributed by atoms with Crippen molar-refractivity contribution in [3.05, 3.63) is 40.5 Å². The molecule has 5 rings (SSSR count). The Balaban J connectivity index is 1.75. The monoisotopic (exact) mass is 465 g/mol. The molecule has 1 fully saturated rings. The average Bonchev–Trinajstić information content (AvgIpc) is 3.39. The molecule has 0 spiro atoms. The van der Waals surface area contributed by atoms with Crippen LogP contribution in [0, 0.1) is 5.92 Å². The third-order valence-electron chi connectivity index (χ3n) is 5.75. The molecular formula is C21H19ClF3N5S. The van der Waals surface area contributed by atoms with E-state index in [-0.39, 0.29) is 11.0 Å². The van der Waals surface area contributed by atoms with Crippen LogP contribution in [-0.2, 0) is 12.7 Å².